The molecular weight excluding hydrogens is 308 g/mol. The number of aromatic nitrogens is 3. The summed E-state index contributed by atoms with van der Waals surface area (Å²) in [7, 11) is 0. The van der Waals surface area contributed by atoms with Crippen LogP contribution >= 0.6 is 11.6 Å². The molecule has 2 aromatic heterocycles. The largest absolute Gasteiger partial charge is 0.370 e. The predicted octanol–water partition coefficient (Wildman–Crippen LogP) is 4.34. The van der Waals surface area contributed by atoms with Crippen molar-refractivity contribution in [3.63, 3.8) is 0 Å². The maximum Gasteiger partial charge on any atom is 0.133 e. The van der Waals surface area contributed by atoms with Gasteiger partial charge in [-0.2, -0.15) is 5.10 Å². The SMILES string of the molecule is Clc1ccccc1-n1nc(-c2ccccn2)c2c1NCCCC2. The van der Waals surface area contributed by atoms with Crippen LogP contribution in [0.25, 0.3) is 17.1 Å². The fraction of sp³-hybridized carbons (Fsp3) is 0.222. The van der Waals surface area contributed by atoms with Gasteiger partial charge >= 0.3 is 0 Å². The van der Waals surface area contributed by atoms with Crippen LogP contribution in [-0.2, 0) is 6.42 Å². The molecule has 0 unspecified atom stereocenters. The molecule has 1 N–H and O–H groups in total. The van der Waals surface area contributed by atoms with E-state index in [1.54, 1.807) is 6.20 Å². The number of hydrogen-bond donors (Lipinski definition) is 1. The van der Waals surface area contributed by atoms with E-state index in [-0.39, 0.29) is 0 Å². The van der Waals surface area contributed by atoms with Gasteiger partial charge in [0, 0.05) is 18.3 Å². The second-order valence-corrected chi connectivity index (χ2v) is 6.05. The van der Waals surface area contributed by atoms with E-state index >= 15 is 0 Å². The van der Waals surface area contributed by atoms with Crippen molar-refractivity contribution in [1.29, 1.82) is 0 Å². The highest BCUT2D eigenvalue weighted by Crippen LogP contribution is 2.34. The Morgan fingerprint density at radius 1 is 1.04 bits per heavy atom. The minimum Gasteiger partial charge on any atom is -0.370 e. The van der Waals surface area contributed by atoms with Gasteiger partial charge in [-0.1, -0.05) is 29.8 Å². The Bertz CT molecular complexity index is 826. The van der Waals surface area contributed by atoms with E-state index in [0.29, 0.717) is 5.02 Å². The van der Waals surface area contributed by atoms with Crippen LogP contribution in [0.15, 0.2) is 48.7 Å². The molecule has 0 fully saturated rings. The molecule has 0 aliphatic carbocycles. The maximum absolute atomic E-state index is 6.39. The molecule has 4 nitrogen and oxygen atoms in total. The Morgan fingerprint density at radius 3 is 2.74 bits per heavy atom. The molecule has 1 aliphatic heterocycles. The second kappa shape index (κ2) is 6.05. The number of benzene rings is 1. The molecule has 0 bridgehead atoms. The standard InChI is InChI=1S/C18H17ClN4/c19-14-8-1-2-10-16(14)23-18-13(7-3-5-12-21-18)17(22-23)15-9-4-6-11-20-15/h1-2,4,6,8-11,21H,3,5,7,12H2. The van der Waals surface area contributed by atoms with Crippen molar-refractivity contribution in [2.24, 2.45) is 0 Å². The maximum atomic E-state index is 6.39. The van der Waals surface area contributed by atoms with E-state index in [0.717, 1.165) is 48.7 Å². The summed E-state index contributed by atoms with van der Waals surface area (Å²) < 4.78 is 1.92. The summed E-state index contributed by atoms with van der Waals surface area (Å²) in [4.78, 5) is 4.48. The molecule has 23 heavy (non-hydrogen) atoms. The molecule has 0 spiro atoms. The van der Waals surface area contributed by atoms with Gasteiger partial charge in [0.15, 0.2) is 0 Å². The van der Waals surface area contributed by atoms with Crippen molar-refractivity contribution < 1.29 is 0 Å². The van der Waals surface area contributed by atoms with E-state index in [4.69, 9.17) is 16.7 Å². The normalized spacial score (nSPS) is 14.0. The first-order chi connectivity index (χ1) is 11.3. The van der Waals surface area contributed by atoms with E-state index in [1.165, 1.54) is 5.56 Å². The van der Waals surface area contributed by atoms with Crippen LogP contribution < -0.4 is 5.32 Å². The van der Waals surface area contributed by atoms with Crippen LogP contribution in [0.2, 0.25) is 5.02 Å². The molecule has 0 amide bonds. The van der Waals surface area contributed by atoms with Crippen molar-refractivity contribution >= 4 is 17.4 Å². The molecule has 5 heteroatoms. The van der Waals surface area contributed by atoms with Crippen LogP contribution in [0.1, 0.15) is 18.4 Å². The number of anilines is 1. The zero-order valence-corrected chi connectivity index (χ0v) is 13.4. The number of halogens is 1. The summed E-state index contributed by atoms with van der Waals surface area (Å²) in [5.41, 5.74) is 3.95. The minimum atomic E-state index is 0.691. The molecule has 0 atom stereocenters. The van der Waals surface area contributed by atoms with Crippen LogP contribution in [0.3, 0.4) is 0 Å². The number of pyridine rings is 1. The Labute approximate surface area is 140 Å². The van der Waals surface area contributed by atoms with Crippen molar-refractivity contribution in [1.82, 2.24) is 14.8 Å². The first-order valence-electron chi connectivity index (χ1n) is 7.86. The van der Waals surface area contributed by atoms with Gasteiger partial charge in [0.05, 0.1) is 16.4 Å². The quantitative estimate of drug-likeness (QED) is 0.762. The van der Waals surface area contributed by atoms with Crippen molar-refractivity contribution in [2.45, 2.75) is 19.3 Å². The number of rotatable bonds is 2. The molecular formula is C18H17ClN4. The van der Waals surface area contributed by atoms with Crippen molar-refractivity contribution in [3.05, 3.63) is 59.2 Å². The summed E-state index contributed by atoms with van der Waals surface area (Å²) in [6.07, 6.45) is 5.10. The van der Waals surface area contributed by atoms with Crippen LogP contribution in [0.5, 0.6) is 0 Å². The van der Waals surface area contributed by atoms with Crippen LogP contribution in [0.4, 0.5) is 5.82 Å². The highest BCUT2D eigenvalue weighted by atomic mass is 35.5. The number of nitrogens with zero attached hydrogens (tertiary/aromatic N) is 3. The van der Waals surface area contributed by atoms with Gasteiger partial charge in [0.1, 0.15) is 11.5 Å². The molecule has 3 aromatic rings. The fourth-order valence-corrected chi connectivity index (χ4v) is 3.22. The number of fused-ring (bicyclic) bond motifs is 1. The molecule has 1 aliphatic rings. The molecule has 3 heterocycles. The highest BCUT2D eigenvalue weighted by molar-refractivity contribution is 6.32. The molecule has 0 saturated heterocycles. The highest BCUT2D eigenvalue weighted by Gasteiger charge is 2.22. The lowest BCUT2D eigenvalue weighted by atomic mass is 10.1. The Balaban J connectivity index is 1.94. The van der Waals surface area contributed by atoms with Crippen LogP contribution in [-0.4, -0.2) is 21.3 Å². The summed E-state index contributed by atoms with van der Waals surface area (Å²) in [6, 6.07) is 13.7. The molecule has 0 saturated carbocycles. The van der Waals surface area contributed by atoms with Gasteiger partial charge in [-0.3, -0.25) is 4.98 Å². The fourth-order valence-electron chi connectivity index (χ4n) is 3.01. The number of hydrogen-bond acceptors (Lipinski definition) is 3. The van der Waals surface area contributed by atoms with Gasteiger partial charge in [0.2, 0.25) is 0 Å². The first kappa shape index (κ1) is 14.3. The predicted molar refractivity (Wildman–Crippen MR) is 93.2 cm³/mol. The number of para-hydroxylation sites is 1. The monoisotopic (exact) mass is 324 g/mol. The lowest BCUT2D eigenvalue weighted by molar-refractivity contribution is 0.779. The van der Waals surface area contributed by atoms with Gasteiger partial charge in [-0.05, 0) is 43.5 Å². The summed E-state index contributed by atoms with van der Waals surface area (Å²) in [6.45, 7) is 0.949. The average molecular weight is 325 g/mol. The lowest BCUT2D eigenvalue weighted by Crippen LogP contribution is -2.07. The zero-order valence-electron chi connectivity index (χ0n) is 12.7. The van der Waals surface area contributed by atoms with Gasteiger partial charge in [-0.25, -0.2) is 4.68 Å². The van der Waals surface area contributed by atoms with Crippen LogP contribution in [0, 0.1) is 0 Å². The van der Waals surface area contributed by atoms with E-state index in [1.807, 2.05) is 47.1 Å². The molecule has 1 aromatic carbocycles. The molecule has 116 valence electrons. The minimum absolute atomic E-state index is 0.691. The zero-order chi connectivity index (χ0) is 15.6. The third kappa shape index (κ3) is 2.59. The average Bonchev–Trinajstić information content (AvgIpc) is 2.78. The number of nitrogens with one attached hydrogen (secondary N) is 1. The lowest BCUT2D eigenvalue weighted by Gasteiger charge is -2.10. The molecule has 4 rings (SSSR count). The summed E-state index contributed by atoms with van der Waals surface area (Å²) in [5.74, 6) is 1.04. The third-order valence-corrected chi connectivity index (χ3v) is 4.44. The van der Waals surface area contributed by atoms with E-state index < -0.39 is 0 Å². The molecule has 0 radical (unpaired) electrons. The van der Waals surface area contributed by atoms with Gasteiger partial charge < -0.3 is 5.32 Å². The Morgan fingerprint density at radius 2 is 1.91 bits per heavy atom. The summed E-state index contributed by atoms with van der Waals surface area (Å²) >= 11 is 6.39. The Hall–Kier alpha value is -2.33. The van der Waals surface area contributed by atoms with E-state index in [2.05, 4.69) is 10.3 Å². The first-order valence-corrected chi connectivity index (χ1v) is 8.24. The van der Waals surface area contributed by atoms with Crippen molar-refractivity contribution in [3.8, 4) is 17.1 Å². The third-order valence-electron chi connectivity index (χ3n) is 4.12. The smallest absolute Gasteiger partial charge is 0.133 e. The van der Waals surface area contributed by atoms with E-state index in [9.17, 15) is 0 Å². The topological polar surface area (TPSA) is 42.7 Å². The Kier molecular flexibility index (Phi) is 3.75. The van der Waals surface area contributed by atoms with Gasteiger partial charge in [-0.15, -0.1) is 0 Å². The van der Waals surface area contributed by atoms with Gasteiger partial charge in [0.25, 0.3) is 0 Å². The van der Waals surface area contributed by atoms with Crippen molar-refractivity contribution in [2.75, 3.05) is 11.9 Å². The summed E-state index contributed by atoms with van der Waals surface area (Å²) in [5, 5.41) is 9.06. The second-order valence-electron chi connectivity index (χ2n) is 5.64.